The van der Waals surface area contributed by atoms with Crippen LogP contribution in [0.4, 0.5) is 0 Å². The predicted octanol–water partition coefficient (Wildman–Crippen LogP) is 3.53. The highest BCUT2D eigenvalue weighted by Gasteiger charge is 2.21. The molecule has 3 heterocycles. The molecule has 4 aromatic rings. The second-order valence-corrected chi connectivity index (χ2v) is 8.11. The number of carbonyl (C=O) groups excluding carboxylic acids is 1. The van der Waals surface area contributed by atoms with E-state index in [1.165, 1.54) is 20.4 Å². The zero-order valence-corrected chi connectivity index (χ0v) is 17.4. The summed E-state index contributed by atoms with van der Waals surface area (Å²) in [6.07, 6.45) is 0.848. The molecule has 0 fully saturated rings. The fourth-order valence-electron chi connectivity index (χ4n) is 3.40. The highest BCUT2D eigenvalue weighted by Crippen LogP contribution is 2.31. The number of esters is 1. The lowest BCUT2D eigenvalue weighted by Gasteiger charge is -2.09. The number of rotatable bonds is 6. The number of hydrogen-bond donors (Lipinski definition) is 0. The summed E-state index contributed by atoms with van der Waals surface area (Å²) in [5.74, 6) is 0.479. The summed E-state index contributed by atoms with van der Waals surface area (Å²) < 4.78 is 7.82. The monoisotopic (exact) mass is 410 g/mol. The third-order valence-corrected chi connectivity index (χ3v) is 5.64. The minimum absolute atomic E-state index is 0.152. The number of hydrogen-bond acceptors (Lipinski definition) is 6. The Morgan fingerprint density at radius 3 is 2.69 bits per heavy atom. The number of aromatic nitrogens is 4. The largest absolute Gasteiger partial charge is 0.465 e. The number of fused-ring (bicyclic) bond motifs is 3. The lowest BCUT2D eigenvalue weighted by Crippen LogP contribution is -2.30. The van der Waals surface area contributed by atoms with Gasteiger partial charge in [0.2, 0.25) is 0 Å². The molecule has 0 saturated carbocycles. The molecule has 8 heteroatoms. The Bertz CT molecular complexity index is 1240. The second-order valence-electron chi connectivity index (χ2n) is 7.25. The first-order valence-electron chi connectivity index (χ1n) is 9.60. The van der Waals surface area contributed by atoms with Crippen molar-refractivity contribution >= 4 is 33.2 Å². The number of benzene rings is 1. The van der Waals surface area contributed by atoms with Gasteiger partial charge in [-0.05, 0) is 30.2 Å². The van der Waals surface area contributed by atoms with Gasteiger partial charge in [-0.2, -0.15) is 4.52 Å². The van der Waals surface area contributed by atoms with Crippen LogP contribution in [0.3, 0.4) is 0 Å². The molecule has 0 bridgehead atoms. The lowest BCUT2D eigenvalue weighted by atomic mass is 10.0. The summed E-state index contributed by atoms with van der Waals surface area (Å²) in [5.41, 5.74) is 2.07. The van der Waals surface area contributed by atoms with Gasteiger partial charge in [-0.1, -0.05) is 44.2 Å². The first-order chi connectivity index (χ1) is 14.0. The molecule has 0 aliphatic heterocycles. The quantitative estimate of drug-likeness (QED) is 0.454. The van der Waals surface area contributed by atoms with Gasteiger partial charge in [-0.3, -0.25) is 9.36 Å². The van der Waals surface area contributed by atoms with Crippen molar-refractivity contribution in [1.82, 2.24) is 19.2 Å². The van der Waals surface area contributed by atoms with Gasteiger partial charge >= 0.3 is 11.7 Å². The highest BCUT2D eigenvalue weighted by molar-refractivity contribution is 7.17. The maximum atomic E-state index is 13.2. The van der Waals surface area contributed by atoms with E-state index in [0.717, 1.165) is 27.8 Å². The second kappa shape index (κ2) is 7.79. The topological polar surface area (TPSA) is 78.5 Å². The predicted molar refractivity (Wildman–Crippen MR) is 113 cm³/mol. The van der Waals surface area contributed by atoms with Crippen molar-refractivity contribution in [2.45, 2.75) is 33.7 Å². The molecule has 0 atom stereocenters. The molecule has 0 unspecified atom stereocenters. The summed E-state index contributed by atoms with van der Waals surface area (Å²) in [4.78, 5) is 30.7. The maximum Gasteiger partial charge on any atom is 0.352 e. The SMILES string of the molecule is CCOC(=O)Cn1c(=O)n2nc(-c3ccccc3)nc2c2c(CC(C)C)csc21. The first kappa shape index (κ1) is 19.3. The Labute approximate surface area is 171 Å². The molecule has 1 aromatic carbocycles. The van der Waals surface area contributed by atoms with Crippen LogP contribution in [0.15, 0.2) is 40.5 Å². The van der Waals surface area contributed by atoms with E-state index in [9.17, 15) is 9.59 Å². The van der Waals surface area contributed by atoms with Crippen LogP contribution in [-0.4, -0.2) is 31.7 Å². The number of thiophene rings is 1. The third kappa shape index (κ3) is 3.55. The van der Waals surface area contributed by atoms with Gasteiger partial charge in [0, 0.05) is 5.56 Å². The fourth-order valence-corrected chi connectivity index (χ4v) is 4.48. The Balaban J connectivity index is 2.00. The summed E-state index contributed by atoms with van der Waals surface area (Å²) in [5, 5.41) is 7.39. The smallest absolute Gasteiger partial charge is 0.352 e. The van der Waals surface area contributed by atoms with Gasteiger partial charge in [-0.25, -0.2) is 9.78 Å². The first-order valence-corrected chi connectivity index (χ1v) is 10.5. The van der Waals surface area contributed by atoms with Crippen molar-refractivity contribution in [3.8, 4) is 11.4 Å². The molecule has 0 spiro atoms. The summed E-state index contributed by atoms with van der Waals surface area (Å²) in [6, 6.07) is 9.55. The molecular formula is C21H22N4O3S. The normalized spacial score (nSPS) is 11.6. The summed E-state index contributed by atoms with van der Waals surface area (Å²) in [6.45, 7) is 6.16. The van der Waals surface area contributed by atoms with E-state index in [2.05, 4.69) is 18.9 Å². The van der Waals surface area contributed by atoms with Crippen LogP contribution in [0.1, 0.15) is 26.3 Å². The molecule has 0 aliphatic rings. The van der Waals surface area contributed by atoms with Crippen molar-refractivity contribution in [3.05, 3.63) is 51.8 Å². The Morgan fingerprint density at radius 2 is 2.00 bits per heavy atom. The van der Waals surface area contributed by atoms with E-state index in [1.807, 2.05) is 35.7 Å². The van der Waals surface area contributed by atoms with Crippen LogP contribution in [0, 0.1) is 5.92 Å². The van der Waals surface area contributed by atoms with Crippen LogP contribution in [0.2, 0.25) is 0 Å². The van der Waals surface area contributed by atoms with Crippen molar-refractivity contribution < 1.29 is 9.53 Å². The third-order valence-electron chi connectivity index (χ3n) is 4.59. The van der Waals surface area contributed by atoms with E-state index in [1.54, 1.807) is 6.92 Å². The molecule has 0 saturated heterocycles. The van der Waals surface area contributed by atoms with Crippen LogP contribution < -0.4 is 5.69 Å². The minimum atomic E-state index is -0.447. The van der Waals surface area contributed by atoms with E-state index in [0.29, 0.717) is 17.4 Å². The molecule has 7 nitrogen and oxygen atoms in total. The zero-order chi connectivity index (χ0) is 20.5. The Kier molecular flexibility index (Phi) is 5.19. The van der Waals surface area contributed by atoms with Gasteiger partial charge in [0.25, 0.3) is 0 Å². The van der Waals surface area contributed by atoms with Gasteiger partial charge in [0.1, 0.15) is 11.4 Å². The Hall–Kier alpha value is -3.00. The summed E-state index contributed by atoms with van der Waals surface area (Å²) in [7, 11) is 0. The molecule has 150 valence electrons. The van der Waals surface area contributed by atoms with Crippen LogP contribution >= 0.6 is 11.3 Å². The van der Waals surface area contributed by atoms with E-state index in [4.69, 9.17) is 9.72 Å². The maximum absolute atomic E-state index is 13.2. The number of ether oxygens (including phenoxy) is 1. The molecule has 4 rings (SSSR count). The highest BCUT2D eigenvalue weighted by atomic mass is 32.1. The van der Waals surface area contributed by atoms with Crippen LogP contribution in [-0.2, 0) is 22.5 Å². The average Bonchev–Trinajstić information content (AvgIpc) is 3.30. The molecule has 29 heavy (non-hydrogen) atoms. The van der Waals surface area contributed by atoms with Crippen molar-refractivity contribution in [3.63, 3.8) is 0 Å². The van der Waals surface area contributed by atoms with Gasteiger partial charge in [0.05, 0.1) is 12.0 Å². The van der Waals surface area contributed by atoms with Gasteiger partial charge < -0.3 is 4.74 Å². The van der Waals surface area contributed by atoms with Crippen molar-refractivity contribution in [2.24, 2.45) is 5.92 Å². The average molecular weight is 410 g/mol. The van der Waals surface area contributed by atoms with Gasteiger partial charge in [0.15, 0.2) is 11.5 Å². The zero-order valence-electron chi connectivity index (χ0n) is 16.6. The molecule has 0 N–H and O–H groups in total. The molecule has 0 radical (unpaired) electrons. The summed E-state index contributed by atoms with van der Waals surface area (Å²) >= 11 is 1.45. The van der Waals surface area contributed by atoms with E-state index < -0.39 is 11.7 Å². The van der Waals surface area contributed by atoms with Crippen LogP contribution in [0.25, 0.3) is 27.3 Å². The molecular weight excluding hydrogens is 388 g/mol. The number of carbonyl (C=O) groups is 1. The standard InChI is InChI=1S/C21H22N4O3S/c1-4-28-16(26)11-24-20-17(15(12-29-20)10-13(2)3)19-22-18(23-25(19)21(24)27)14-8-6-5-7-9-14/h5-9,12-13H,4,10-11H2,1-3H3. The van der Waals surface area contributed by atoms with E-state index in [-0.39, 0.29) is 13.2 Å². The van der Waals surface area contributed by atoms with Crippen molar-refractivity contribution in [1.29, 1.82) is 0 Å². The fraction of sp³-hybridized carbons (Fsp3) is 0.333. The molecule has 0 amide bonds. The van der Waals surface area contributed by atoms with Gasteiger partial charge in [-0.15, -0.1) is 16.4 Å². The lowest BCUT2D eigenvalue weighted by molar-refractivity contribution is -0.143. The molecule has 0 aliphatic carbocycles. The van der Waals surface area contributed by atoms with Crippen molar-refractivity contribution in [2.75, 3.05) is 6.61 Å². The minimum Gasteiger partial charge on any atom is -0.465 e. The molecule has 3 aromatic heterocycles. The Morgan fingerprint density at radius 1 is 1.24 bits per heavy atom. The van der Waals surface area contributed by atoms with Crippen LogP contribution in [0.5, 0.6) is 0 Å². The number of nitrogens with zero attached hydrogens (tertiary/aromatic N) is 4. The van der Waals surface area contributed by atoms with E-state index >= 15 is 0 Å².